The van der Waals surface area contributed by atoms with Crippen LogP contribution in [0.5, 0.6) is 0 Å². The van der Waals surface area contributed by atoms with Gasteiger partial charge in [-0.05, 0) is 12.1 Å². The number of hydrogen-bond acceptors (Lipinski definition) is 4. The van der Waals surface area contributed by atoms with E-state index in [4.69, 9.17) is 0 Å². The fourth-order valence-electron chi connectivity index (χ4n) is 1.33. The van der Waals surface area contributed by atoms with Crippen LogP contribution in [0.1, 0.15) is 0 Å². The van der Waals surface area contributed by atoms with E-state index in [-0.39, 0.29) is 0 Å². The van der Waals surface area contributed by atoms with Crippen LogP contribution in [-0.4, -0.2) is 19.1 Å². The number of nitrogens with one attached hydrogen (secondary N) is 2. The number of benzene rings is 1. The summed E-state index contributed by atoms with van der Waals surface area (Å²) in [4.78, 5) is 4.44. The zero-order valence-corrected chi connectivity index (χ0v) is 9.56. The molecule has 0 amide bonds. The monoisotopic (exact) mass is 219 g/mol. The molecule has 2 N–H and O–H groups in total. The standard InChI is InChI=1S/C11H13N3S/c1-12-9-5-3-8(4-6-9)10-7-15-11(13-2)14-10/h3-7,12H,1-2H3,(H,13,14). The summed E-state index contributed by atoms with van der Waals surface area (Å²) in [6.45, 7) is 0. The van der Waals surface area contributed by atoms with Gasteiger partial charge in [0.05, 0.1) is 5.69 Å². The molecule has 0 saturated heterocycles. The summed E-state index contributed by atoms with van der Waals surface area (Å²) < 4.78 is 0. The minimum absolute atomic E-state index is 0.947. The minimum Gasteiger partial charge on any atom is -0.388 e. The second-order valence-corrected chi connectivity index (χ2v) is 3.97. The summed E-state index contributed by atoms with van der Waals surface area (Å²) >= 11 is 1.62. The van der Waals surface area contributed by atoms with E-state index in [0.717, 1.165) is 22.1 Å². The molecule has 0 fully saturated rings. The van der Waals surface area contributed by atoms with Crippen LogP contribution in [0.4, 0.5) is 10.8 Å². The Kier molecular flexibility index (Phi) is 2.87. The highest BCUT2D eigenvalue weighted by Crippen LogP contribution is 2.25. The second-order valence-electron chi connectivity index (χ2n) is 3.12. The topological polar surface area (TPSA) is 37.0 Å². The van der Waals surface area contributed by atoms with Crippen LogP contribution < -0.4 is 10.6 Å². The number of aromatic nitrogens is 1. The first-order chi connectivity index (χ1) is 7.33. The quantitative estimate of drug-likeness (QED) is 0.833. The SMILES string of the molecule is CNc1ccc(-c2csc(NC)n2)cc1. The van der Waals surface area contributed by atoms with Crippen molar-refractivity contribution in [3.05, 3.63) is 29.6 Å². The third kappa shape index (κ3) is 2.10. The average Bonchev–Trinajstić information content (AvgIpc) is 2.78. The number of thiazole rings is 1. The van der Waals surface area contributed by atoms with Crippen molar-refractivity contribution in [2.24, 2.45) is 0 Å². The molecule has 2 rings (SSSR count). The molecule has 0 radical (unpaired) electrons. The molecule has 0 atom stereocenters. The zero-order chi connectivity index (χ0) is 10.7. The van der Waals surface area contributed by atoms with Crippen LogP contribution in [0, 0.1) is 0 Å². The number of hydrogen-bond donors (Lipinski definition) is 2. The number of rotatable bonds is 3. The third-order valence-corrected chi connectivity index (χ3v) is 3.05. The molecule has 4 heteroatoms. The lowest BCUT2D eigenvalue weighted by Crippen LogP contribution is -1.88. The molecule has 1 aromatic heterocycles. The highest BCUT2D eigenvalue weighted by molar-refractivity contribution is 7.14. The molecule has 15 heavy (non-hydrogen) atoms. The number of anilines is 2. The van der Waals surface area contributed by atoms with Gasteiger partial charge < -0.3 is 10.6 Å². The van der Waals surface area contributed by atoms with E-state index < -0.39 is 0 Å². The first-order valence-electron chi connectivity index (χ1n) is 4.75. The predicted molar refractivity (Wildman–Crippen MR) is 66.6 cm³/mol. The van der Waals surface area contributed by atoms with Crippen LogP contribution in [0.25, 0.3) is 11.3 Å². The van der Waals surface area contributed by atoms with Crippen molar-refractivity contribution in [1.29, 1.82) is 0 Å². The molecule has 78 valence electrons. The summed E-state index contributed by atoms with van der Waals surface area (Å²) in [5.74, 6) is 0. The predicted octanol–water partition coefficient (Wildman–Crippen LogP) is 2.89. The van der Waals surface area contributed by atoms with Gasteiger partial charge in [0.15, 0.2) is 5.13 Å². The third-order valence-electron chi connectivity index (χ3n) is 2.19. The first kappa shape index (κ1) is 9.98. The molecule has 1 aromatic carbocycles. The Labute approximate surface area is 93.2 Å². The molecule has 0 unspecified atom stereocenters. The van der Waals surface area contributed by atoms with Gasteiger partial charge in [-0.25, -0.2) is 4.98 Å². The van der Waals surface area contributed by atoms with Crippen molar-refractivity contribution in [2.75, 3.05) is 24.7 Å². The smallest absolute Gasteiger partial charge is 0.182 e. The average molecular weight is 219 g/mol. The Morgan fingerprint density at radius 2 is 1.80 bits per heavy atom. The van der Waals surface area contributed by atoms with Crippen molar-refractivity contribution in [3.8, 4) is 11.3 Å². The van der Waals surface area contributed by atoms with Crippen LogP contribution in [0.2, 0.25) is 0 Å². The van der Waals surface area contributed by atoms with Crippen molar-refractivity contribution in [1.82, 2.24) is 4.98 Å². The van der Waals surface area contributed by atoms with Crippen molar-refractivity contribution in [2.45, 2.75) is 0 Å². The lowest BCUT2D eigenvalue weighted by atomic mass is 10.1. The summed E-state index contributed by atoms with van der Waals surface area (Å²) in [7, 11) is 3.80. The van der Waals surface area contributed by atoms with Crippen LogP contribution in [-0.2, 0) is 0 Å². The van der Waals surface area contributed by atoms with Gasteiger partial charge in [0.2, 0.25) is 0 Å². The Hall–Kier alpha value is -1.55. The van der Waals surface area contributed by atoms with Crippen LogP contribution in [0.3, 0.4) is 0 Å². The van der Waals surface area contributed by atoms with E-state index in [2.05, 4.69) is 33.1 Å². The molecule has 0 aliphatic carbocycles. The van der Waals surface area contributed by atoms with Gasteiger partial charge in [-0.2, -0.15) is 0 Å². The summed E-state index contributed by atoms with van der Waals surface area (Å²) in [6, 6.07) is 8.24. The van der Waals surface area contributed by atoms with E-state index in [1.54, 1.807) is 11.3 Å². The number of nitrogens with zero attached hydrogens (tertiary/aromatic N) is 1. The second kappa shape index (κ2) is 4.31. The Morgan fingerprint density at radius 3 is 2.33 bits per heavy atom. The van der Waals surface area contributed by atoms with E-state index in [1.807, 2.05) is 26.2 Å². The molecule has 0 bridgehead atoms. The zero-order valence-electron chi connectivity index (χ0n) is 8.74. The molecule has 0 aliphatic rings. The van der Waals surface area contributed by atoms with E-state index in [9.17, 15) is 0 Å². The molecule has 2 aromatic rings. The van der Waals surface area contributed by atoms with Gasteiger partial charge in [-0.3, -0.25) is 0 Å². The Morgan fingerprint density at radius 1 is 1.07 bits per heavy atom. The molecule has 0 aliphatic heterocycles. The molecule has 1 heterocycles. The molecular weight excluding hydrogens is 206 g/mol. The maximum absolute atomic E-state index is 4.44. The maximum Gasteiger partial charge on any atom is 0.182 e. The fraction of sp³-hybridized carbons (Fsp3) is 0.182. The summed E-state index contributed by atoms with van der Waals surface area (Å²) in [5, 5.41) is 9.13. The molecule has 0 spiro atoms. The van der Waals surface area contributed by atoms with Gasteiger partial charge in [0.1, 0.15) is 0 Å². The van der Waals surface area contributed by atoms with Crippen molar-refractivity contribution < 1.29 is 0 Å². The summed E-state index contributed by atoms with van der Waals surface area (Å²) in [6.07, 6.45) is 0. The lowest BCUT2D eigenvalue weighted by Gasteiger charge is -2.00. The maximum atomic E-state index is 4.44. The highest BCUT2D eigenvalue weighted by atomic mass is 32.1. The molecule has 0 saturated carbocycles. The van der Waals surface area contributed by atoms with Crippen LogP contribution >= 0.6 is 11.3 Å². The van der Waals surface area contributed by atoms with E-state index in [0.29, 0.717) is 0 Å². The van der Waals surface area contributed by atoms with E-state index >= 15 is 0 Å². The van der Waals surface area contributed by atoms with Gasteiger partial charge in [-0.15, -0.1) is 11.3 Å². The normalized spacial score (nSPS) is 10.0. The Bertz CT molecular complexity index is 433. The largest absolute Gasteiger partial charge is 0.388 e. The van der Waals surface area contributed by atoms with E-state index in [1.165, 1.54) is 0 Å². The minimum atomic E-state index is 0.947. The van der Waals surface area contributed by atoms with Gasteiger partial charge in [-0.1, -0.05) is 12.1 Å². The van der Waals surface area contributed by atoms with Crippen molar-refractivity contribution >= 4 is 22.2 Å². The van der Waals surface area contributed by atoms with Crippen molar-refractivity contribution in [3.63, 3.8) is 0 Å². The van der Waals surface area contributed by atoms with Gasteiger partial charge in [0.25, 0.3) is 0 Å². The Balaban J connectivity index is 2.28. The van der Waals surface area contributed by atoms with Gasteiger partial charge in [0, 0.05) is 30.7 Å². The molecular formula is C11H13N3S. The lowest BCUT2D eigenvalue weighted by molar-refractivity contribution is 1.36. The highest BCUT2D eigenvalue weighted by Gasteiger charge is 2.02. The summed E-state index contributed by atoms with van der Waals surface area (Å²) in [5.41, 5.74) is 3.28. The van der Waals surface area contributed by atoms with Crippen LogP contribution in [0.15, 0.2) is 29.6 Å². The van der Waals surface area contributed by atoms with Gasteiger partial charge >= 0.3 is 0 Å². The first-order valence-corrected chi connectivity index (χ1v) is 5.63. The molecule has 3 nitrogen and oxygen atoms in total. The fourth-order valence-corrected chi connectivity index (χ4v) is 2.01.